The van der Waals surface area contributed by atoms with Gasteiger partial charge in [-0.1, -0.05) is 37.6 Å². The quantitative estimate of drug-likeness (QED) is 0.870. The lowest BCUT2D eigenvalue weighted by molar-refractivity contribution is 0.463. The van der Waals surface area contributed by atoms with Gasteiger partial charge in [0.05, 0.1) is 18.2 Å². The average molecular weight is 302 g/mol. The van der Waals surface area contributed by atoms with Gasteiger partial charge in [-0.25, -0.2) is 4.68 Å². The van der Waals surface area contributed by atoms with Crippen LogP contribution >= 0.6 is 11.6 Å². The van der Waals surface area contributed by atoms with E-state index in [1.807, 2.05) is 32.0 Å². The maximum Gasteiger partial charge on any atom is 0.271 e. The van der Waals surface area contributed by atoms with Crippen LogP contribution in [-0.4, -0.2) is 9.78 Å². The molecule has 0 aliphatic heterocycles. The minimum absolute atomic E-state index is 0.0834. The van der Waals surface area contributed by atoms with Gasteiger partial charge in [0.1, 0.15) is 0 Å². The first-order chi connectivity index (χ1) is 10.0. The summed E-state index contributed by atoms with van der Waals surface area (Å²) in [5.41, 5.74) is 1.83. The van der Waals surface area contributed by atoms with Crippen LogP contribution in [0.1, 0.15) is 19.4 Å². The molecule has 0 saturated carbocycles. The number of nitriles is 1. The molecular weight excluding hydrogens is 286 g/mol. The molecule has 0 atom stereocenters. The molecule has 1 aromatic heterocycles. The Labute approximate surface area is 128 Å². The summed E-state index contributed by atoms with van der Waals surface area (Å²) in [4.78, 5) is 12.3. The summed E-state index contributed by atoms with van der Waals surface area (Å²) < 4.78 is 1.45. The lowest BCUT2D eigenvalue weighted by Crippen LogP contribution is -2.28. The molecule has 4 nitrogen and oxygen atoms in total. The number of aromatic nitrogens is 2. The van der Waals surface area contributed by atoms with Gasteiger partial charge in [-0.15, -0.1) is 0 Å². The summed E-state index contributed by atoms with van der Waals surface area (Å²) >= 11 is 5.89. The van der Waals surface area contributed by atoms with E-state index in [1.165, 1.54) is 4.68 Å². The Morgan fingerprint density at radius 3 is 2.57 bits per heavy atom. The van der Waals surface area contributed by atoms with Gasteiger partial charge >= 0.3 is 0 Å². The molecule has 0 amide bonds. The molecule has 108 valence electrons. The molecule has 0 aliphatic rings. The Hall–Kier alpha value is -2.12. The first-order valence-electron chi connectivity index (χ1n) is 6.75. The van der Waals surface area contributed by atoms with E-state index in [4.69, 9.17) is 16.9 Å². The molecule has 1 aromatic carbocycles. The van der Waals surface area contributed by atoms with Crippen molar-refractivity contribution in [2.75, 3.05) is 0 Å². The van der Waals surface area contributed by atoms with E-state index >= 15 is 0 Å². The third-order valence-corrected chi connectivity index (χ3v) is 3.25. The zero-order valence-electron chi connectivity index (χ0n) is 12.0. The Kier molecular flexibility index (Phi) is 4.77. The Bertz CT molecular complexity index is 727. The van der Waals surface area contributed by atoms with Crippen molar-refractivity contribution in [3.63, 3.8) is 0 Å². The SMILES string of the molecule is CC(C)Cn1nc(-c2ccc(Cl)cc2)cc(CC#N)c1=O. The predicted octanol–water partition coefficient (Wildman–Crippen LogP) is 3.29. The number of hydrogen-bond acceptors (Lipinski definition) is 3. The molecule has 0 aliphatic carbocycles. The molecular formula is C16H16ClN3O. The molecule has 0 fully saturated rings. The maximum absolute atomic E-state index is 12.3. The van der Waals surface area contributed by atoms with E-state index in [9.17, 15) is 4.79 Å². The fourth-order valence-corrected chi connectivity index (χ4v) is 2.17. The normalized spacial score (nSPS) is 10.6. The van der Waals surface area contributed by atoms with E-state index in [0.29, 0.717) is 28.7 Å². The van der Waals surface area contributed by atoms with Gasteiger partial charge in [-0.3, -0.25) is 4.79 Å². The molecule has 21 heavy (non-hydrogen) atoms. The second-order valence-corrected chi connectivity index (χ2v) is 5.71. The van der Waals surface area contributed by atoms with Crippen molar-refractivity contribution in [2.45, 2.75) is 26.8 Å². The van der Waals surface area contributed by atoms with Gasteiger partial charge in [-0.2, -0.15) is 10.4 Å². The van der Waals surface area contributed by atoms with Gasteiger partial charge in [-0.05, 0) is 24.1 Å². The predicted molar refractivity (Wildman–Crippen MR) is 83.1 cm³/mol. The third-order valence-electron chi connectivity index (χ3n) is 3.00. The van der Waals surface area contributed by atoms with Crippen molar-refractivity contribution in [3.8, 4) is 17.3 Å². The average Bonchev–Trinajstić information content (AvgIpc) is 2.43. The molecule has 0 bridgehead atoms. The zero-order valence-corrected chi connectivity index (χ0v) is 12.8. The topological polar surface area (TPSA) is 58.7 Å². The third kappa shape index (κ3) is 3.71. The molecule has 0 N–H and O–H groups in total. The van der Waals surface area contributed by atoms with Crippen LogP contribution in [0.3, 0.4) is 0 Å². The van der Waals surface area contributed by atoms with Crippen LogP contribution in [0.15, 0.2) is 35.1 Å². The van der Waals surface area contributed by atoms with Gasteiger partial charge < -0.3 is 0 Å². The van der Waals surface area contributed by atoms with Crippen LogP contribution in [0.25, 0.3) is 11.3 Å². The number of hydrogen-bond donors (Lipinski definition) is 0. The van der Waals surface area contributed by atoms with Crippen molar-refractivity contribution in [1.82, 2.24) is 9.78 Å². The minimum Gasteiger partial charge on any atom is -0.267 e. The molecule has 0 saturated heterocycles. The number of benzene rings is 1. The zero-order chi connectivity index (χ0) is 15.4. The van der Waals surface area contributed by atoms with E-state index in [0.717, 1.165) is 5.56 Å². The van der Waals surface area contributed by atoms with E-state index < -0.39 is 0 Å². The first kappa shape index (κ1) is 15.3. The lowest BCUT2D eigenvalue weighted by atomic mass is 10.1. The van der Waals surface area contributed by atoms with Gasteiger partial charge in [0.2, 0.25) is 0 Å². The molecule has 0 radical (unpaired) electrons. The molecule has 1 heterocycles. The second kappa shape index (κ2) is 6.55. The van der Waals surface area contributed by atoms with Crippen molar-refractivity contribution >= 4 is 11.6 Å². The first-order valence-corrected chi connectivity index (χ1v) is 7.13. The lowest BCUT2D eigenvalue weighted by Gasteiger charge is -2.11. The molecule has 0 spiro atoms. The van der Waals surface area contributed by atoms with E-state index in [-0.39, 0.29) is 12.0 Å². The minimum atomic E-state index is -0.192. The van der Waals surface area contributed by atoms with Crippen molar-refractivity contribution in [2.24, 2.45) is 5.92 Å². The van der Waals surface area contributed by atoms with Crippen LogP contribution in [0, 0.1) is 17.2 Å². The van der Waals surface area contributed by atoms with Crippen molar-refractivity contribution in [1.29, 1.82) is 5.26 Å². The monoisotopic (exact) mass is 301 g/mol. The second-order valence-electron chi connectivity index (χ2n) is 5.28. The highest BCUT2D eigenvalue weighted by Crippen LogP contribution is 2.19. The Morgan fingerprint density at radius 2 is 2.00 bits per heavy atom. The van der Waals surface area contributed by atoms with Crippen LogP contribution < -0.4 is 5.56 Å². The molecule has 5 heteroatoms. The number of halogens is 1. The standard InChI is InChI=1S/C16H16ClN3O/c1-11(2)10-20-16(21)13(7-8-18)9-15(19-20)12-3-5-14(17)6-4-12/h3-6,9,11H,7,10H2,1-2H3. The summed E-state index contributed by atoms with van der Waals surface area (Å²) in [6.07, 6.45) is 0.0834. The maximum atomic E-state index is 12.3. The Morgan fingerprint density at radius 1 is 1.33 bits per heavy atom. The fraction of sp³-hybridized carbons (Fsp3) is 0.312. The van der Waals surface area contributed by atoms with Crippen LogP contribution in [0.2, 0.25) is 5.02 Å². The van der Waals surface area contributed by atoms with Crippen molar-refractivity contribution in [3.05, 3.63) is 51.3 Å². The highest BCUT2D eigenvalue weighted by atomic mass is 35.5. The van der Waals surface area contributed by atoms with Gasteiger partial charge in [0.15, 0.2) is 0 Å². The molecule has 0 unspecified atom stereocenters. The largest absolute Gasteiger partial charge is 0.271 e. The van der Waals surface area contributed by atoms with Crippen LogP contribution in [0.5, 0.6) is 0 Å². The number of nitrogens with zero attached hydrogens (tertiary/aromatic N) is 3. The highest BCUT2D eigenvalue weighted by Gasteiger charge is 2.11. The molecule has 2 rings (SSSR count). The summed E-state index contributed by atoms with van der Waals surface area (Å²) in [7, 11) is 0. The summed E-state index contributed by atoms with van der Waals surface area (Å²) in [6.45, 7) is 4.57. The van der Waals surface area contributed by atoms with E-state index in [1.54, 1.807) is 18.2 Å². The highest BCUT2D eigenvalue weighted by molar-refractivity contribution is 6.30. The van der Waals surface area contributed by atoms with Crippen LogP contribution in [0.4, 0.5) is 0 Å². The smallest absolute Gasteiger partial charge is 0.267 e. The van der Waals surface area contributed by atoms with E-state index in [2.05, 4.69) is 5.10 Å². The van der Waals surface area contributed by atoms with Crippen molar-refractivity contribution < 1.29 is 0 Å². The Balaban J connectivity index is 2.55. The summed E-state index contributed by atoms with van der Waals surface area (Å²) in [5.74, 6) is 0.297. The van der Waals surface area contributed by atoms with Gasteiger partial charge in [0.25, 0.3) is 5.56 Å². The summed E-state index contributed by atoms with van der Waals surface area (Å²) in [5, 5.41) is 13.9. The molecule has 2 aromatic rings. The van der Waals surface area contributed by atoms with Gasteiger partial charge in [0, 0.05) is 22.7 Å². The number of rotatable bonds is 4. The summed E-state index contributed by atoms with van der Waals surface area (Å²) in [6, 6.07) is 11.0. The van der Waals surface area contributed by atoms with Crippen LogP contribution in [-0.2, 0) is 13.0 Å². The fourth-order valence-electron chi connectivity index (χ4n) is 2.04.